The van der Waals surface area contributed by atoms with Gasteiger partial charge in [-0.3, -0.25) is 10.00 Å². The van der Waals surface area contributed by atoms with Crippen LogP contribution in [0.25, 0.3) is 0 Å². The minimum Gasteiger partial charge on any atom is -0.319 e. The molecule has 0 radical (unpaired) electrons. The normalized spacial score (nSPS) is 19.1. The summed E-state index contributed by atoms with van der Waals surface area (Å²) in [5, 5.41) is 9.39. The summed E-state index contributed by atoms with van der Waals surface area (Å²) >= 11 is 0. The number of piperazine rings is 1. The molecule has 1 aromatic heterocycles. The number of H-pyrrole nitrogens is 1. The molecule has 1 aromatic carbocycles. The molecule has 116 valence electrons. The van der Waals surface area contributed by atoms with Crippen LogP contribution >= 0.6 is 0 Å². The molecule has 2 N–H and O–H groups in total. The maximum Gasteiger partial charge on any atom is 0.322 e. The van der Waals surface area contributed by atoms with Crippen LogP contribution in [-0.4, -0.2) is 51.7 Å². The van der Waals surface area contributed by atoms with E-state index in [9.17, 15) is 4.79 Å². The molecule has 1 aliphatic heterocycles. The van der Waals surface area contributed by atoms with E-state index in [0.717, 1.165) is 26.2 Å². The molecule has 0 bridgehead atoms. The second-order valence-electron chi connectivity index (χ2n) is 5.68. The van der Waals surface area contributed by atoms with Gasteiger partial charge in [-0.25, -0.2) is 4.79 Å². The number of hydrogen-bond acceptors (Lipinski definition) is 3. The number of carbonyl (C=O) groups excluding carboxylic acids is 1. The molecule has 1 aliphatic rings. The van der Waals surface area contributed by atoms with Crippen LogP contribution in [0.3, 0.4) is 0 Å². The van der Waals surface area contributed by atoms with Crippen molar-refractivity contribution in [2.24, 2.45) is 0 Å². The number of benzene rings is 1. The molecule has 0 spiro atoms. The van der Waals surface area contributed by atoms with Crippen LogP contribution < -0.4 is 5.32 Å². The van der Waals surface area contributed by atoms with Crippen molar-refractivity contribution < 1.29 is 4.79 Å². The van der Waals surface area contributed by atoms with Crippen LogP contribution in [-0.2, 0) is 6.54 Å². The van der Waals surface area contributed by atoms with Gasteiger partial charge in [0, 0.05) is 38.4 Å². The highest BCUT2D eigenvalue weighted by Crippen LogP contribution is 2.14. The quantitative estimate of drug-likeness (QED) is 0.912. The summed E-state index contributed by atoms with van der Waals surface area (Å²) in [6.45, 7) is 5.53. The Kier molecular flexibility index (Phi) is 4.39. The molecular formula is C16H21N5O. The summed E-state index contributed by atoms with van der Waals surface area (Å²) in [7, 11) is 0. The first kappa shape index (κ1) is 14.6. The fourth-order valence-electron chi connectivity index (χ4n) is 2.83. The van der Waals surface area contributed by atoms with Crippen LogP contribution in [0.2, 0.25) is 0 Å². The number of rotatable bonds is 3. The zero-order valence-corrected chi connectivity index (χ0v) is 12.7. The molecule has 0 unspecified atom stereocenters. The van der Waals surface area contributed by atoms with Gasteiger partial charge in [0.25, 0.3) is 0 Å². The lowest BCUT2D eigenvalue weighted by atomic mass is 10.1. The number of carbonyl (C=O) groups is 1. The molecule has 3 rings (SSSR count). The molecule has 6 nitrogen and oxygen atoms in total. The predicted molar refractivity (Wildman–Crippen MR) is 85.5 cm³/mol. The lowest BCUT2D eigenvalue weighted by Crippen LogP contribution is -2.54. The van der Waals surface area contributed by atoms with E-state index in [-0.39, 0.29) is 12.1 Å². The van der Waals surface area contributed by atoms with Crippen LogP contribution in [0.4, 0.5) is 10.5 Å². The number of urea groups is 1. The second-order valence-corrected chi connectivity index (χ2v) is 5.68. The van der Waals surface area contributed by atoms with Crippen molar-refractivity contribution in [1.29, 1.82) is 0 Å². The van der Waals surface area contributed by atoms with Crippen LogP contribution in [0.1, 0.15) is 12.5 Å². The molecule has 2 heterocycles. The van der Waals surface area contributed by atoms with Crippen molar-refractivity contribution >= 4 is 11.7 Å². The Morgan fingerprint density at radius 2 is 2.18 bits per heavy atom. The summed E-state index contributed by atoms with van der Waals surface area (Å²) in [5.74, 6) is 0. The van der Waals surface area contributed by atoms with E-state index in [1.807, 2.05) is 11.0 Å². The first-order valence-corrected chi connectivity index (χ1v) is 7.55. The zero-order valence-electron chi connectivity index (χ0n) is 12.7. The van der Waals surface area contributed by atoms with Gasteiger partial charge < -0.3 is 10.2 Å². The zero-order chi connectivity index (χ0) is 15.4. The average molecular weight is 299 g/mol. The minimum absolute atomic E-state index is 0.0618. The van der Waals surface area contributed by atoms with Gasteiger partial charge in [0.2, 0.25) is 0 Å². The fourth-order valence-corrected chi connectivity index (χ4v) is 2.83. The molecule has 6 heteroatoms. The van der Waals surface area contributed by atoms with Gasteiger partial charge in [-0.15, -0.1) is 0 Å². The van der Waals surface area contributed by atoms with Gasteiger partial charge >= 0.3 is 6.03 Å². The molecular weight excluding hydrogens is 278 g/mol. The number of hydrogen-bond donors (Lipinski definition) is 2. The summed E-state index contributed by atoms with van der Waals surface area (Å²) in [6.07, 6.45) is 3.28. The molecule has 0 aliphatic carbocycles. The summed E-state index contributed by atoms with van der Waals surface area (Å²) < 4.78 is 0. The molecule has 1 saturated heterocycles. The molecule has 0 saturated carbocycles. The average Bonchev–Trinajstić information content (AvgIpc) is 3.01. The van der Waals surface area contributed by atoms with Gasteiger partial charge in [-0.1, -0.05) is 30.3 Å². The van der Waals surface area contributed by atoms with Crippen molar-refractivity contribution in [3.63, 3.8) is 0 Å². The van der Waals surface area contributed by atoms with Crippen molar-refractivity contribution in [2.45, 2.75) is 19.5 Å². The van der Waals surface area contributed by atoms with E-state index in [1.54, 1.807) is 12.4 Å². The Hall–Kier alpha value is -2.34. The van der Waals surface area contributed by atoms with Gasteiger partial charge in [-0.05, 0) is 12.5 Å². The Morgan fingerprint density at radius 1 is 1.36 bits per heavy atom. The van der Waals surface area contributed by atoms with Crippen molar-refractivity contribution in [3.05, 3.63) is 48.3 Å². The van der Waals surface area contributed by atoms with E-state index in [0.29, 0.717) is 5.69 Å². The number of nitrogens with one attached hydrogen (secondary N) is 2. The third-order valence-corrected chi connectivity index (χ3v) is 3.97. The van der Waals surface area contributed by atoms with Gasteiger partial charge in [-0.2, -0.15) is 5.10 Å². The third kappa shape index (κ3) is 3.46. The number of nitrogens with zero attached hydrogens (tertiary/aromatic N) is 3. The summed E-state index contributed by atoms with van der Waals surface area (Å²) in [6, 6.07) is 10.6. The molecule has 1 atom stereocenters. The van der Waals surface area contributed by atoms with E-state index in [2.05, 4.69) is 51.6 Å². The highest BCUT2D eigenvalue weighted by molar-refractivity contribution is 5.89. The second kappa shape index (κ2) is 6.62. The maximum atomic E-state index is 12.3. The highest BCUT2D eigenvalue weighted by atomic mass is 16.2. The highest BCUT2D eigenvalue weighted by Gasteiger charge is 2.27. The Labute approximate surface area is 130 Å². The lowest BCUT2D eigenvalue weighted by Gasteiger charge is -2.39. The monoisotopic (exact) mass is 299 g/mol. The molecule has 1 fully saturated rings. The van der Waals surface area contributed by atoms with Gasteiger partial charge in [0.05, 0.1) is 11.9 Å². The Balaban J connectivity index is 1.54. The van der Waals surface area contributed by atoms with Crippen molar-refractivity contribution in [1.82, 2.24) is 20.0 Å². The smallest absolute Gasteiger partial charge is 0.319 e. The summed E-state index contributed by atoms with van der Waals surface area (Å²) in [4.78, 5) is 16.6. The first-order valence-electron chi connectivity index (χ1n) is 7.55. The topological polar surface area (TPSA) is 64.3 Å². The van der Waals surface area contributed by atoms with Gasteiger partial charge in [0.15, 0.2) is 0 Å². The molecule has 22 heavy (non-hydrogen) atoms. The number of aromatic amines is 1. The van der Waals surface area contributed by atoms with Crippen LogP contribution in [0.5, 0.6) is 0 Å². The van der Waals surface area contributed by atoms with E-state index < -0.39 is 0 Å². The van der Waals surface area contributed by atoms with Crippen molar-refractivity contribution in [2.75, 3.05) is 25.0 Å². The number of aromatic nitrogens is 2. The molecule has 2 aromatic rings. The molecule has 2 amide bonds. The van der Waals surface area contributed by atoms with E-state index in [4.69, 9.17) is 0 Å². The maximum absolute atomic E-state index is 12.3. The van der Waals surface area contributed by atoms with Crippen LogP contribution in [0.15, 0.2) is 42.7 Å². The van der Waals surface area contributed by atoms with Gasteiger partial charge in [0.1, 0.15) is 0 Å². The van der Waals surface area contributed by atoms with Crippen LogP contribution in [0, 0.1) is 0 Å². The Bertz CT molecular complexity index is 598. The SMILES string of the molecule is C[C@H]1CN(Cc2ccccc2)CCN1C(=O)Nc1cn[nH]c1. The fraction of sp³-hybridized carbons (Fsp3) is 0.375. The van der Waals surface area contributed by atoms with E-state index >= 15 is 0 Å². The van der Waals surface area contributed by atoms with E-state index in [1.165, 1.54) is 5.56 Å². The summed E-state index contributed by atoms with van der Waals surface area (Å²) in [5.41, 5.74) is 2.01. The number of anilines is 1. The number of amides is 2. The largest absolute Gasteiger partial charge is 0.322 e. The van der Waals surface area contributed by atoms with Crippen molar-refractivity contribution in [3.8, 4) is 0 Å². The standard InChI is InChI=1S/C16H21N5O/c1-13-11-20(12-14-5-3-2-4-6-14)7-8-21(13)16(22)19-15-9-17-18-10-15/h2-6,9-10,13H,7-8,11-12H2,1H3,(H,17,18)(H,19,22)/t13-/m0/s1. The lowest BCUT2D eigenvalue weighted by molar-refractivity contribution is 0.104. The minimum atomic E-state index is -0.0618. The predicted octanol–water partition coefficient (Wildman–Crippen LogP) is 2.15. The third-order valence-electron chi connectivity index (χ3n) is 3.97. The first-order chi connectivity index (χ1) is 10.7. The Morgan fingerprint density at radius 3 is 2.86 bits per heavy atom.